The van der Waals surface area contributed by atoms with Crippen LogP contribution in [0.1, 0.15) is 62.4 Å². The van der Waals surface area contributed by atoms with E-state index in [0.29, 0.717) is 28.7 Å². The van der Waals surface area contributed by atoms with Crippen molar-refractivity contribution in [3.8, 4) is 0 Å². The molecule has 0 radical (unpaired) electrons. The molecular weight excluding hydrogens is 497 g/mol. The smallest absolute Gasteiger partial charge is 0.256 e. The number of benzene rings is 1. The summed E-state index contributed by atoms with van der Waals surface area (Å²) in [5.41, 5.74) is 9.36. The van der Waals surface area contributed by atoms with Gasteiger partial charge in [0.25, 0.3) is 5.91 Å². The van der Waals surface area contributed by atoms with Crippen molar-refractivity contribution in [1.82, 2.24) is 4.90 Å². The van der Waals surface area contributed by atoms with Crippen LogP contribution in [0.15, 0.2) is 24.3 Å². The molecule has 1 fully saturated rings. The van der Waals surface area contributed by atoms with Crippen LogP contribution in [0.4, 0.5) is 5.00 Å². The van der Waals surface area contributed by atoms with Gasteiger partial charge in [-0.25, -0.2) is 0 Å². The van der Waals surface area contributed by atoms with E-state index in [0.717, 1.165) is 49.9 Å². The molecule has 1 aromatic heterocycles. The van der Waals surface area contributed by atoms with Crippen LogP contribution in [0.5, 0.6) is 0 Å². The van der Waals surface area contributed by atoms with E-state index in [2.05, 4.69) is 16.3 Å². The summed E-state index contributed by atoms with van der Waals surface area (Å²) < 4.78 is 0.00732. The van der Waals surface area contributed by atoms with Crippen LogP contribution in [0.2, 0.25) is 0 Å². The molecule has 29 heavy (non-hydrogen) atoms. The SMILES string of the molecule is NCCN(Cc1cccc(C(=O)Nc2sc3c(c2C(=O)I)CCCC3)c1)C1CC1. The Bertz CT molecular complexity index is 923. The highest BCUT2D eigenvalue weighted by Crippen LogP contribution is 2.39. The summed E-state index contributed by atoms with van der Waals surface area (Å²) in [6.45, 7) is 2.34. The number of nitrogens with two attached hydrogens (primary N) is 1. The molecule has 0 bridgehead atoms. The van der Waals surface area contributed by atoms with Crippen LogP contribution in [-0.4, -0.2) is 33.7 Å². The number of anilines is 1. The third-order valence-electron chi connectivity index (χ3n) is 5.65. The predicted molar refractivity (Wildman–Crippen MR) is 126 cm³/mol. The van der Waals surface area contributed by atoms with Gasteiger partial charge in [0, 0.05) is 58.7 Å². The van der Waals surface area contributed by atoms with Crippen molar-refractivity contribution in [3.05, 3.63) is 51.4 Å². The van der Waals surface area contributed by atoms with Crippen LogP contribution in [0, 0.1) is 0 Å². The van der Waals surface area contributed by atoms with Crippen LogP contribution in [0.25, 0.3) is 0 Å². The molecule has 0 unspecified atom stereocenters. The first-order valence-corrected chi connectivity index (χ1v) is 12.1. The molecule has 1 heterocycles. The molecule has 0 saturated heterocycles. The van der Waals surface area contributed by atoms with E-state index in [4.69, 9.17) is 5.73 Å². The summed E-state index contributed by atoms with van der Waals surface area (Å²) >= 11 is 3.40. The van der Waals surface area contributed by atoms with Gasteiger partial charge in [-0.1, -0.05) is 12.1 Å². The maximum Gasteiger partial charge on any atom is 0.256 e. The number of thiophene rings is 1. The van der Waals surface area contributed by atoms with E-state index in [1.54, 1.807) is 11.3 Å². The summed E-state index contributed by atoms with van der Waals surface area (Å²) in [4.78, 5) is 28.9. The minimum Gasteiger partial charge on any atom is -0.329 e. The average Bonchev–Trinajstić information content (AvgIpc) is 3.48. The second kappa shape index (κ2) is 9.24. The van der Waals surface area contributed by atoms with Crippen molar-refractivity contribution in [2.75, 3.05) is 18.4 Å². The van der Waals surface area contributed by atoms with Crippen molar-refractivity contribution < 1.29 is 9.59 Å². The van der Waals surface area contributed by atoms with E-state index in [9.17, 15) is 9.59 Å². The van der Waals surface area contributed by atoms with Crippen LogP contribution in [-0.2, 0) is 19.4 Å². The Hall–Kier alpha value is -1.29. The second-order valence-corrected chi connectivity index (χ2v) is 9.92. The molecule has 7 heteroatoms. The molecule has 0 aliphatic heterocycles. The number of carbonyl (C=O) groups is 2. The Balaban J connectivity index is 1.52. The van der Waals surface area contributed by atoms with E-state index in [1.165, 1.54) is 17.7 Å². The van der Waals surface area contributed by atoms with Crippen LogP contribution < -0.4 is 11.1 Å². The minimum atomic E-state index is -0.152. The Morgan fingerprint density at radius 1 is 1.24 bits per heavy atom. The maximum absolute atomic E-state index is 13.0. The van der Waals surface area contributed by atoms with Gasteiger partial charge in [0.1, 0.15) is 5.00 Å². The number of hydrogen-bond acceptors (Lipinski definition) is 5. The number of rotatable bonds is 8. The zero-order chi connectivity index (χ0) is 20.4. The maximum atomic E-state index is 13.0. The minimum absolute atomic E-state index is 0.00732. The van der Waals surface area contributed by atoms with Gasteiger partial charge in [-0.2, -0.15) is 0 Å². The topological polar surface area (TPSA) is 75.4 Å². The van der Waals surface area contributed by atoms with Gasteiger partial charge in [-0.05, 0) is 61.8 Å². The lowest BCUT2D eigenvalue weighted by Gasteiger charge is -2.21. The van der Waals surface area contributed by atoms with Crippen molar-refractivity contribution in [2.24, 2.45) is 5.73 Å². The zero-order valence-corrected chi connectivity index (χ0v) is 19.4. The molecule has 0 spiro atoms. The van der Waals surface area contributed by atoms with E-state index < -0.39 is 0 Å². The number of nitrogens with zero attached hydrogens (tertiary/aromatic N) is 1. The number of carbonyl (C=O) groups excluding carboxylic acids is 2. The van der Waals surface area contributed by atoms with Crippen molar-refractivity contribution in [1.29, 1.82) is 0 Å². The molecule has 1 amide bonds. The highest BCUT2D eigenvalue weighted by molar-refractivity contribution is 14.1. The normalized spacial score (nSPS) is 16.0. The lowest BCUT2D eigenvalue weighted by atomic mass is 9.96. The molecule has 5 nitrogen and oxygen atoms in total. The Kier molecular flexibility index (Phi) is 6.68. The monoisotopic (exact) mass is 523 g/mol. The number of fused-ring (bicyclic) bond motifs is 1. The van der Waals surface area contributed by atoms with Gasteiger partial charge < -0.3 is 11.1 Å². The molecule has 4 rings (SSSR count). The first-order chi connectivity index (χ1) is 14.1. The van der Waals surface area contributed by atoms with Gasteiger partial charge in [-0.15, -0.1) is 11.3 Å². The summed E-state index contributed by atoms with van der Waals surface area (Å²) in [6.07, 6.45) is 6.65. The Morgan fingerprint density at radius 2 is 2.03 bits per heavy atom. The van der Waals surface area contributed by atoms with Gasteiger partial charge in [0.15, 0.2) is 0 Å². The fourth-order valence-electron chi connectivity index (χ4n) is 4.08. The third kappa shape index (κ3) is 4.90. The zero-order valence-electron chi connectivity index (χ0n) is 16.4. The predicted octanol–water partition coefficient (Wildman–Crippen LogP) is 4.38. The highest BCUT2D eigenvalue weighted by Gasteiger charge is 2.28. The fourth-order valence-corrected chi connectivity index (χ4v) is 6.14. The molecule has 0 atom stereocenters. The molecule has 154 valence electrons. The van der Waals surface area contributed by atoms with Gasteiger partial charge in [-0.3, -0.25) is 14.5 Å². The second-order valence-electron chi connectivity index (χ2n) is 7.83. The molecule has 1 aromatic carbocycles. The molecule has 1 saturated carbocycles. The number of aryl methyl sites for hydroxylation is 1. The fraction of sp³-hybridized carbons (Fsp3) is 0.455. The summed E-state index contributed by atoms with van der Waals surface area (Å²) in [5.74, 6) is -0.152. The van der Waals surface area contributed by atoms with Crippen LogP contribution >= 0.6 is 33.9 Å². The van der Waals surface area contributed by atoms with Gasteiger partial charge in [0.05, 0.1) is 5.56 Å². The van der Waals surface area contributed by atoms with E-state index in [-0.39, 0.29) is 9.70 Å². The summed E-state index contributed by atoms with van der Waals surface area (Å²) in [6, 6.07) is 8.42. The highest BCUT2D eigenvalue weighted by atomic mass is 127. The van der Waals surface area contributed by atoms with Gasteiger partial charge >= 0.3 is 0 Å². The molecule has 3 N–H and O–H groups in total. The largest absolute Gasteiger partial charge is 0.329 e. The number of hydrogen-bond donors (Lipinski definition) is 2. The standard InChI is InChI=1S/C22H26IN3O2S/c23-20(27)19-17-6-1-2-7-18(17)29-22(19)25-21(28)15-5-3-4-14(12-15)13-26(11-10-24)16-8-9-16/h3-5,12,16H,1-2,6-11,13,24H2,(H,25,28). The quantitative estimate of drug-likeness (QED) is 0.398. The van der Waals surface area contributed by atoms with Crippen molar-refractivity contribution in [3.63, 3.8) is 0 Å². The van der Waals surface area contributed by atoms with Crippen molar-refractivity contribution >= 4 is 48.6 Å². The lowest BCUT2D eigenvalue weighted by molar-refractivity contribution is 0.102. The van der Waals surface area contributed by atoms with Crippen molar-refractivity contribution in [2.45, 2.75) is 51.1 Å². The number of nitrogens with one attached hydrogen (secondary N) is 1. The van der Waals surface area contributed by atoms with Gasteiger partial charge in [0.2, 0.25) is 3.79 Å². The Morgan fingerprint density at radius 3 is 2.76 bits per heavy atom. The Labute approximate surface area is 189 Å². The molecular formula is C22H26IN3O2S. The summed E-state index contributed by atoms with van der Waals surface area (Å²) in [7, 11) is 0. The molecule has 2 aromatic rings. The van der Waals surface area contributed by atoms with E-state index >= 15 is 0 Å². The summed E-state index contributed by atoms with van der Waals surface area (Å²) in [5, 5.41) is 3.73. The first-order valence-electron chi connectivity index (χ1n) is 10.3. The average molecular weight is 523 g/mol. The van der Waals surface area contributed by atoms with E-state index in [1.807, 2.05) is 40.8 Å². The molecule has 2 aliphatic carbocycles. The lowest BCUT2D eigenvalue weighted by Crippen LogP contribution is -2.31. The number of halogens is 1. The third-order valence-corrected chi connectivity index (χ3v) is 7.40. The van der Waals surface area contributed by atoms with Crippen LogP contribution in [0.3, 0.4) is 0 Å². The molecule has 2 aliphatic rings. The first kappa shape index (κ1) is 21.0. The number of amides is 1.